The maximum atomic E-state index is 12.7. The quantitative estimate of drug-likeness (QED) is 0.862. The van der Waals surface area contributed by atoms with Crippen molar-refractivity contribution in [2.24, 2.45) is 23.5 Å². The van der Waals surface area contributed by atoms with Crippen LogP contribution in [0.5, 0.6) is 0 Å². The monoisotopic (exact) mass is 363 g/mol. The van der Waals surface area contributed by atoms with Crippen LogP contribution in [0.15, 0.2) is 24.3 Å². The van der Waals surface area contributed by atoms with E-state index in [0.29, 0.717) is 24.8 Å². The molecule has 5 nitrogen and oxygen atoms in total. The number of fused-ring (bicyclic) bond motifs is 2. The highest BCUT2D eigenvalue weighted by Crippen LogP contribution is 2.47. The second kappa shape index (κ2) is 6.96. The van der Waals surface area contributed by atoms with E-state index in [2.05, 4.69) is 5.32 Å². The second-order valence-corrected chi connectivity index (χ2v) is 7.61. The zero-order chi connectivity index (χ0) is 16.8. The van der Waals surface area contributed by atoms with Gasteiger partial charge in [-0.05, 0) is 56.6 Å². The number of carbonyl (C=O) groups is 2. The molecular formula is C19H26ClN3O2. The van der Waals surface area contributed by atoms with E-state index >= 15 is 0 Å². The van der Waals surface area contributed by atoms with Crippen LogP contribution >= 0.6 is 12.4 Å². The molecule has 0 spiro atoms. The van der Waals surface area contributed by atoms with Crippen molar-refractivity contribution in [2.45, 2.75) is 44.7 Å². The van der Waals surface area contributed by atoms with Crippen molar-refractivity contribution in [3.05, 3.63) is 29.8 Å². The molecule has 2 amide bonds. The first kappa shape index (κ1) is 18.2. The average molecular weight is 364 g/mol. The van der Waals surface area contributed by atoms with Crippen LogP contribution in [0.25, 0.3) is 0 Å². The SMILES string of the molecule is Cc1ccc(N2CCC(NC(=O)C3C4CCC(C4)C3N)C2=O)cc1.Cl. The zero-order valence-corrected chi connectivity index (χ0v) is 15.3. The lowest BCUT2D eigenvalue weighted by atomic mass is 9.84. The topological polar surface area (TPSA) is 75.4 Å². The van der Waals surface area contributed by atoms with Crippen LogP contribution in [0, 0.1) is 24.7 Å². The minimum Gasteiger partial charge on any atom is -0.344 e. The molecule has 0 aromatic heterocycles. The van der Waals surface area contributed by atoms with Gasteiger partial charge in [0.2, 0.25) is 11.8 Å². The van der Waals surface area contributed by atoms with Crippen LogP contribution in [0.4, 0.5) is 5.69 Å². The Kier molecular flexibility index (Phi) is 5.07. The summed E-state index contributed by atoms with van der Waals surface area (Å²) >= 11 is 0. The lowest BCUT2D eigenvalue weighted by Crippen LogP contribution is -2.50. The number of nitrogens with two attached hydrogens (primary N) is 1. The first-order valence-electron chi connectivity index (χ1n) is 8.98. The molecule has 1 heterocycles. The van der Waals surface area contributed by atoms with Crippen LogP contribution < -0.4 is 16.0 Å². The number of nitrogens with one attached hydrogen (secondary N) is 1. The molecule has 136 valence electrons. The molecule has 1 aromatic carbocycles. The van der Waals surface area contributed by atoms with E-state index in [9.17, 15) is 9.59 Å². The number of hydrogen-bond acceptors (Lipinski definition) is 3. The Morgan fingerprint density at radius 1 is 1.16 bits per heavy atom. The number of nitrogens with zero attached hydrogens (tertiary/aromatic N) is 1. The van der Waals surface area contributed by atoms with Crippen LogP contribution in [-0.2, 0) is 9.59 Å². The lowest BCUT2D eigenvalue weighted by molar-refractivity contribution is -0.130. The number of aryl methyl sites for hydroxylation is 1. The van der Waals surface area contributed by atoms with Gasteiger partial charge in [-0.25, -0.2) is 0 Å². The third-order valence-corrected chi connectivity index (χ3v) is 6.15. The van der Waals surface area contributed by atoms with Crippen molar-refractivity contribution in [1.82, 2.24) is 5.32 Å². The molecule has 1 aromatic rings. The predicted molar refractivity (Wildman–Crippen MR) is 99.6 cm³/mol. The molecule has 5 unspecified atom stereocenters. The molecule has 6 heteroatoms. The fourth-order valence-corrected chi connectivity index (χ4v) is 4.79. The summed E-state index contributed by atoms with van der Waals surface area (Å²) in [6, 6.07) is 7.48. The van der Waals surface area contributed by atoms with Gasteiger partial charge in [-0.2, -0.15) is 0 Å². The highest BCUT2D eigenvalue weighted by Gasteiger charge is 2.49. The summed E-state index contributed by atoms with van der Waals surface area (Å²) in [5, 5.41) is 2.99. The molecule has 2 saturated carbocycles. The summed E-state index contributed by atoms with van der Waals surface area (Å²) in [5.74, 6) is 0.775. The van der Waals surface area contributed by atoms with Crippen LogP contribution in [0.2, 0.25) is 0 Å². The molecule has 3 fully saturated rings. The van der Waals surface area contributed by atoms with Gasteiger partial charge in [-0.1, -0.05) is 17.7 Å². The Bertz CT molecular complexity index is 661. The van der Waals surface area contributed by atoms with Crippen molar-refractivity contribution in [2.75, 3.05) is 11.4 Å². The Hall–Kier alpha value is -1.59. The van der Waals surface area contributed by atoms with E-state index < -0.39 is 6.04 Å². The summed E-state index contributed by atoms with van der Waals surface area (Å²) in [7, 11) is 0. The van der Waals surface area contributed by atoms with Gasteiger partial charge in [0.1, 0.15) is 6.04 Å². The molecule has 4 rings (SSSR count). The summed E-state index contributed by atoms with van der Waals surface area (Å²) in [6.07, 6.45) is 3.99. The maximum Gasteiger partial charge on any atom is 0.249 e. The van der Waals surface area contributed by atoms with E-state index in [0.717, 1.165) is 24.9 Å². The Balaban J connectivity index is 0.00000182. The third-order valence-electron chi connectivity index (χ3n) is 6.15. The van der Waals surface area contributed by atoms with Crippen molar-refractivity contribution < 1.29 is 9.59 Å². The van der Waals surface area contributed by atoms with Gasteiger partial charge in [-0.3, -0.25) is 9.59 Å². The van der Waals surface area contributed by atoms with Crippen LogP contribution in [0.3, 0.4) is 0 Å². The van der Waals surface area contributed by atoms with Crippen molar-refractivity contribution in [3.63, 3.8) is 0 Å². The van der Waals surface area contributed by atoms with Gasteiger partial charge in [0.25, 0.3) is 0 Å². The lowest BCUT2D eigenvalue weighted by Gasteiger charge is -2.28. The van der Waals surface area contributed by atoms with Crippen molar-refractivity contribution in [3.8, 4) is 0 Å². The molecular weight excluding hydrogens is 338 g/mol. The minimum atomic E-state index is -0.412. The van der Waals surface area contributed by atoms with E-state index in [1.807, 2.05) is 31.2 Å². The Labute approximate surface area is 154 Å². The fraction of sp³-hybridized carbons (Fsp3) is 0.579. The third kappa shape index (κ3) is 3.15. The van der Waals surface area contributed by atoms with Gasteiger partial charge in [0, 0.05) is 18.3 Å². The van der Waals surface area contributed by atoms with Gasteiger partial charge in [0.15, 0.2) is 0 Å². The molecule has 3 N–H and O–H groups in total. The fourth-order valence-electron chi connectivity index (χ4n) is 4.79. The molecule has 2 bridgehead atoms. The smallest absolute Gasteiger partial charge is 0.249 e. The molecule has 25 heavy (non-hydrogen) atoms. The first-order valence-corrected chi connectivity index (χ1v) is 8.98. The zero-order valence-electron chi connectivity index (χ0n) is 14.5. The molecule has 0 radical (unpaired) electrons. The molecule has 3 aliphatic rings. The van der Waals surface area contributed by atoms with Gasteiger partial charge >= 0.3 is 0 Å². The number of hydrogen-bond donors (Lipinski definition) is 2. The van der Waals surface area contributed by atoms with E-state index in [1.54, 1.807) is 4.90 Å². The molecule has 2 aliphatic carbocycles. The molecule has 1 aliphatic heterocycles. The minimum absolute atomic E-state index is 0. The van der Waals surface area contributed by atoms with Gasteiger partial charge in [0.05, 0.1) is 5.92 Å². The van der Waals surface area contributed by atoms with E-state index in [1.165, 1.54) is 5.56 Å². The maximum absolute atomic E-state index is 12.7. The number of benzene rings is 1. The predicted octanol–water partition coefficient (Wildman–Crippen LogP) is 2.01. The van der Waals surface area contributed by atoms with Crippen molar-refractivity contribution in [1.29, 1.82) is 0 Å². The number of rotatable bonds is 3. The number of amides is 2. The number of anilines is 1. The Morgan fingerprint density at radius 3 is 2.48 bits per heavy atom. The second-order valence-electron chi connectivity index (χ2n) is 7.61. The van der Waals surface area contributed by atoms with Crippen LogP contribution in [0.1, 0.15) is 31.2 Å². The summed E-state index contributed by atoms with van der Waals surface area (Å²) in [4.78, 5) is 27.1. The van der Waals surface area contributed by atoms with E-state index in [4.69, 9.17) is 5.73 Å². The van der Waals surface area contributed by atoms with Crippen molar-refractivity contribution >= 4 is 29.9 Å². The summed E-state index contributed by atoms with van der Waals surface area (Å²) in [5.41, 5.74) is 8.32. The summed E-state index contributed by atoms with van der Waals surface area (Å²) in [6.45, 7) is 2.67. The van der Waals surface area contributed by atoms with Crippen LogP contribution in [-0.4, -0.2) is 30.4 Å². The first-order chi connectivity index (χ1) is 11.5. The standard InChI is InChI=1S/C19H25N3O2.ClH/c1-11-2-6-14(7-3-11)22-9-8-15(19(22)24)21-18(23)16-12-4-5-13(10-12)17(16)20;/h2-3,6-7,12-13,15-17H,4-5,8-10,20H2,1H3,(H,21,23);1H. The van der Waals surface area contributed by atoms with Gasteiger partial charge in [-0.15, -0.1) is 12.4 Å². The number of halogens is 1. The van der Waals surface area contributed by atoms with E-state index in [-0.39, 0.29) is 36.2 Å². The Morgan fingerprint density at radius 2 is 1.84 bits per heavy atom. The largest absolute Gasteiger partial charge is 0.344 e. The highest BCUT2D eigenvalue weighted by atomic mass is 35.5. The molecule has 5 atom stereocenters. The number of carbonyl (C=O) groups excluding carboxylic acids is 2. The molecule has 1 saturated heterocycles. The highest BCUT2D eigenvalue weighted by molar-refractivity contribution is 6.01. The average Bonchev–Trinajstić information content (AvgIpc) is 3.24. The summed E-state index contributed by atoms with van der Waals surface area (Å²) < 4.78 is 0. The normalized spacial score (nSPS) is 33.4. The van der Waals surface area contributed by atoms with Gasteiger partial charge < -0.3 is 16.0 Å².